The second kappa shape index (κ2) is 8.59. The van der Waals surface area contributed by atoms with E-state index in [-0.39, 0.29) is 21.8 Å². The van der Waals surface area contributed by atoms with Gasteiger partial charge in [-0.1, -0.05) is 6.92 Å². The fraction of sp³-hybridized carbons (Fsp3) is 0.571. The summed E-state index contributed by atoms with van der Waals surface area (Å²) in [5, 5.41) is 3.29. The van der Waals surface area contributed by atoms with Crippen molar-refractivity contribution < 1.29 is 12.8 Å². The third-order valence-electron chi connectivity index (χ3n) is 3.79. The minimum absolute atomic E-state index is 0. The van der Waals surface area contributed by atoms with E-state index < -0.39 is 15.8 Å². The third-order valence-corrected chi connectivity index (χ3v) is 6.32. The Hall–Kier alpha value is -0.210. The number of hydrogen-bond donors (Lipinski definition) is 1. The number of benzene rings is 1. The molecule has 2 rings (SSSR count). The Balaban J connectivity index is 0.00000242. The van der Waals surface area contributed by atoms with Gasteiger partial charge in [0, 0.05) is 13.1 Å². The van der Waals surface area contributed by atoms with Crippen LogP contribution in [0.1, 0.15) is 19.8 Å². The van der Waals surface area contributed by atoms with Crippen LogP contribution >= 0.6 is 28.3 Å². The van der Waals surface area contributed by atoms with Crippen molar-refractivity contribution in [3.63, 3.8) is 0 Å². The van der Waals surface area contributed by atoms with Crippen LogP contribution in [0, 0.1) is 11.7 Å². The van der Waals surface area contributed by atoms with Crippen LogP contribution in [0.4, 0.5) is 4.39 Å². The molecule has 22 heavy (non-hydrogen) atoms. The Bertz CT molecular complexity index is 593. The van der Waals surface area contributed by atoms with Crippen molar-refractivity contribution >= 4 is 38.4 Å². The standard InChI is InChI=1S/C14H20BrFN2O2S.ClH/c1-2-17-10-11-5-7-18(8-6-11)21(19,20)12-3-4-13(15)14(16)9-12;/h3-4,9,11,17H,2,5-8,10H2,1H3;1H. The van der Waals surface area contributed by atoms with E-state index in [4.69, 9.17) is 0 Å². The zero-order valence-corrected chi connectivity index (χ0v) is 15.6. The first-order valence-electron chi connectivity index (χ1n) is 7.11. The van der Waals surface area contributed by atoms with Crippen LogP contribution in [-0.4, -0.2) is 38.9 Å². The number of nitrogens with one attached hydrogen (secondary N) is 1. The van der Waals surface area contributed by atoms with E-state index in [0.717, 1.165) is 32.0 Å². The van der Waals surface area contributed by atoms with Crippen LogP contribution in [-0.2, 0) is 10.0 Å². The molecule has 8 heteroatoms. The van der Waals surface area contributed by atoms with Crippen molar-refractivity contribution in [3.8, 4) is 0 Å². The fourth-order valence-corrected chi connectivity index (χ4v) is 4.22. The van der Waals surface area contributed by atoms with Gasteiger partial charge in [0.15, 0.2) is 0 Å². The first kappa shape index (κ1) is 19.8. The molecule has 1 heterocycles. The van der Waals surface area contributed by atoms with E-state index in [0.29, 0.717) is 19.0 Å². The molecular formula is C14H21BrClFN2O2S. The average molecular weight is 416 g/mol. The second-order valence-electron chi connectivity index (χ2n) is 5.23. The molecule has 0 spiro atoms. The number of hydrogen-bond acceptors (Lipinski definition) is 3. The van der Waals surface area contributed by atoms with Gasteiger partial charge in [-0.2, -0.15) is 4.31 Å². The lowest BCUT2D eigenvalue weighted by Gasteiger charge is -2.31. The number of halogens is 3. The summed E-state index contributed by atoms with van der Waals surface area (Å²) in [6.07, 6.45) is 1.68. The average Bonchev–Trinajstić information content (AvgIpc) is 2.48. The Labute approximate surface area is 146 Å². The molecule has 126 valence electrons. The fourth-order valence-electron chi connectivity index (χ4n) is 2.49. The van der Waals surface area contributed by atoms with E-state index in [1.165, 1.54) is 16.4 Å². The lowest BCUT2D eigenvalue weighted by Crippen LogP contribution is -2.40. The monoisotopic (exact) mass is 414 g/mol. The summed E-state index contributed by atoms with van der Waals surface area (Å²) < 4.78 is 40.3. The summed E-state index contributed by atoms with van der Waals surface area (Å²) in [5.74, 6) is -0.0452. The normalized spacial score (nSPS) is 17.2. The van der Waals surface area contributed by atoms with Gasteiger partial charge in [0.1, 0.15) is 5.82 Å². The molecule has 0 aromatic heterocycles. The van der Waals surface area contributed by atoms with Crippen molar-refractivity contribution in [1.29, 1.82) is 0 Å². The summed E-state index contributed by atoms with van der Waals surface area (Å²) in [6.45, 7) is 4.90. The van der Waals surface area contributed by atoms with Crippen LogP contribution in [0.2, 0.25) is 0 Å². The second-order valence-corrected chi connectivity index (χ2v) is 8.02. The highest BCUT2D eigenvalue weighted by Crippen LogP contribution is 2.25. The predicted molar refractivity (Wildman–Crippen MR) is 91.4 cm³/mol. The predicted octanol–water partition coefficient (Wildman–Crippen LogP) is 3.02. The van der Waals surface area contributed by atoms with Crippen molar-refractivity contribution in [1.82, 2.24) is 9.62 Å². The molecule has 0 atom stereocenters. The maximum atomic E-state index is 13.5. The van der Waals surface area contributed by atoms with Gasteiger partial charge in [-0.3, -0.25) is 0 Å². The van der Waals surface area contributed by atoms with Crippen molar-refractivity contribution in [3.05, 3.63) is 28.5 Å². The molecule has 0 saturated carbocycles. The van der Waals surface area contributed by atoms with Gasteiger partial charge in [0.05, 0.1) is 9.37 Å². The van der Waals surface area contributed by atoms with Gasteiger partial charge in [0.25, 0.3) is 0 Å². The lowest BCUT2D eigenvalue weighted by atomic mass is 9.98. The molecule has 4 nitrogen and oxygen atoms in total. The van der Waals surface area contributed by atoms with Gasteiger partial charge in [-0.25, -0.2) is 12.8 Å². The number of rotatable bonds is 5. The Morgan fingerprint density at radius 1 is 1.36 bits per heavy atom. The van der Waals surface area contributed by atoms with Crippen molar-refractivity contribution in [2.45, 2.75) is 24.7 Å². The first-order valence-corrected chi connectivity index (χ1v) is 9.34. The van der Waals surface area contributed by atoms with Crippen molar-refractivity contribution in [2.75, 3.05) is 26.2 Å². The van der Waals surface area contributed by atoms with Crippen LogP contribution < -0.4 is 5.32 Å². The Morgan fingerprint density at radius 3 is 2.55 bits per heavy atom. The van der Waals surface area contributed by atoms with Gasteiger partial charge in [0.2, 0.25) is 10.0 Å². The third kappa shape index (κ3) is 4.64. The van der Waals surface area contributed by atoms with Gasteiger partial charge in [-0.05, 0) is 66.0 Å². The van der Waals surface area contributed by atoms with Gasteiger partial charge in [-0.15, -0.1) is 12.4 Å². The van der Waals surface area contributed by atoms with Crippen LogP contribution in [0.25, 0.3) is 0 Å². The molecule has 0 aliphatic carbocycles. The summed E-state index contributed by atoms with van der Waals surface area (Å²) in [4.78, 5) is 0.0216. The molecule has 0 amide bonds. The molecule has 1 aliphatic heterocycles. The quantitative estimate of drug-likeness (QED) is 0.804. The molecule has 0 unspecified atom stereocenters. The SMILES string of the molecule is CCNCC1CCN(S(=O)(=O)c2ccc(Br)c(F)c2)CC1.Cl. The smallest absolute Gasteiger partial charge is 0.243 e. The maximum Gasteiger partial charge on any atom is 0.243 e. The number of nitrogens with zero attached hydrogens (tertiary/aromatic N) is 1. The van der Waals surface area contributed by atoms with E-state index in [1.54, 1.807) is 0 Å². The summed E-state index contributed by atoms with van der Waals surface area (Å²) in [6, 6.07) is 3.94. The largest absolute Gasteiger partial charge is 0.317 e. The molecule has 1 aliphatic rings. The molecule has 0 bridgehead atoms. The highest BCUT2D eigenvalue weighted by molar-refractivity contribution is 9.10. The molecule has 0 radical (unpaired) electrons. The molecule has 1 saturated heterocycles. The number of piperidine rings is 1. The summed E-state index contributed by atoms with van der Waals surface area (Å²) in [5.41, 5.74) is 0. The molecule has 1 fully saturated rings. The number of sulfonamides is 1. The highest BCUT2D eigenvalue weighted by Gasteiger charge is 2.29. The highest BCUT2D eigenvalue weighted by atomic mass is 79.9. The lowest BCUT2D eigenvalue weighted by molar-refractivity contribution is 0.268. The topological polar surface area (TPSA) is 49.4 Å². The van der Waals surface area contributed by atoms with E-state index in [1.807, 2.05) is 0 Å². The van der Waals surface area contributed by atoms with Crippen LogP contribution in [0.5, 0.6) is 0 Å². The first-order chi connectivity index (χ1) is 9.95. The molecule has 1 aromatic carbocycles. The Morgan fingerprint density at radius 2 is 2.00 bits per heavy atom. The minimum Gasteiger partial charge on any atom is -0.317 e. The van der Waals surface area contributed by atoms with Crippen LogP contribution in [0.15, 0.2) is 27.6 Å². The van der Waals surface area contributed by atoms with E-state index in [2.05, 4.69) is 28.2 Å². The van der Waals surface area contributed by atoms with Crippen LogP contribution in [0.3, 0.4) is 0 Å². The minimum atomic E-state index is -3.59. The maximum absolute atomic E-state index is 13.5. The molecule has 1 N–H and O–H groups in total. The summed E-state index contributed by atoms with van der Waals surface area (Å²) >= 11 is 3.03. The van der Waals surface area contributed by atoms with E-state index in [9.17, 15) is 12.8 Å². The Kier molecular flexibility index (Phi) is 7.74. The van der Waals surface area contributed by atoms with Gasteiger partial charge < -0.3 is 5.32 Å². The summed E-state index contributed by atoms with van der Waals surface area (Å²) in [7, 11) is -3.59. The zero-order chi connectivity index (χ0) is 15.5. The zero-order valence-electron chi connectivity index (χ0n) is 12.4. The molecular weight excluding hydrogens is 395 g/mol. The molecule has 1 aromatic rings. The van der Waals surface area contributed by atoms with Crippen molar-refractivity contribution in [2.24, 2.45) is 5.92 Å². The van der Waals surface area contributed by atoms with Gasteiger partial charge >= 0.3 is 0 Å². The van der Waals surface area contributed by atoms with E-state index >= 15 is 0 Å².